The van der Waals surface area contributed by atoms with Crippen LogP contribution in [0.1, 0.15) is 13.8 Å². The Labute approximate surface area is 127 Å². The maximum absolute atomic E-state index is 13.7. The van der Waals surface area contributed by atoms with E-state index in [0.29, 0.717) is 19.6 Å². The van der Waals surface area contributed by atoms with Gasteiger partial charge in [-0.25, -0.2) is 12.8 Å². The summed E-state index contributed by atoms with van der Waals surface area (Å²) in [5, 5.41) is 2.46. The lowest BCUT2D eigenvalue weighted by Crippen LogP contribution is -2.59. The summed E-state index contributed by atoms with van der Waals surface area (Å²) in [6.45, 7) is 4.96. The summed E-state index contributed by atoms with van der Waals surface area (Å²) in [5.74, 6) is -0.914. The van der Waals surface area contributed by atoms with Crippen LogP contribution < -0.4 is 5.32 Å². The Morgan fingerprint density at radius 3 is 2.60 bits per heavy atom. The monoisotopic (exact) mass is 340 g/mol. The maximum atomic E-state index is 13.7. The Balaban J connectivity index is 2.53. The van der Waals surface area contributed by atoms with Crippen molar-refractivity contribution in [2.75, 3.05) is 19.6 Å². The molecule has 1 heterocycles. The van der Waals surface area contributed by atoms with E-state index < -0.39 is 26.4 Å². The number of benzene rings is 1. The first-order chi connectivity index (χ1) is 9.18. The third-order valence-corrected chi connectivity index (χ3v) is 6.22. The molecule has 8 heteroatoms. The van der Waals surface area contributed by atoms with Gasteiger partial charge < -0.3 is 5.32 Å². The van der Waals surface area contributed by atoms with Crippen LogP contribution in [-0.2, 0) is 10.0 Å². The molecule has 0 spiro atoms. The third-order valence-electron chi connectivity index (χ3n) is 3.29. The molecule has 0 saturated carbocycles. The highest BCUT2D eigenvalue weighted by atomic mass is 35.5. The molecule has 1 aromatic rings. The minimum absolute atomic E-state index is 0.200. The number of halogens is 3. The zero-order chi connectivity index (χ0) is 15.1. The molecule has 0 radical (unpaired) electrons. The van der Waals surface area contributed by atoms with Gasteiger partial charge >= 0.3 is 0 Å². The minimum Gasteiger partial charge on any atom is -0.314 e. The van der Waals surface area contributed by atoms with Gasteiger partial charge in [-0.15, -0.1) is 0 Å². The number of hydrogen-bond donors (Lipinski definition) is 1. The normalized spacial score (nSPS) is 20.1. The van der Waals surface area contributed by atoms with Gasteiger partial charge in [0.05, 0.1) is 10.0 Å². The highest BCUT2D eigenvalue weighted by Crippen LogP contribution is 2.34. The molecule has 0 unspecified atom stereocenters. The van der Waals surface area contributed by atoms with Gasteiger partial charge in [-0.2, -0.15) is 4.31 Å². The van der Waals surface area contributed by atoms with Crippen LogP contribution in [-0.4, -0.2) is 37.9 Å². The van der Waals surface area contributed by atoms with Gasteiger partial charge in [0, 0.05) is 25.2 Å². The molecule has 1 fully saturated rings. The van der Waals surface area contributed by atoms with E-state index in [1.165, 1.54) is 16.4 Å². The SMILES string of the molecule is CC1(C)CNCCN1S(=O)(=O)c1ccc(Cl)c(F)c1Cl. The minimum atomic E-state index is -3.88. The van der Waals surface area contributed by atoms with Crippen molar-refractivity contribution in [3.05, 3.63) is 28.0 Å². The van der Waals surface area contributed by atoms with Crippen molar-refractivity contribution >= 4 is 33.2 Å². The first-order valence-electron chi connectivity index (χ1n) is 6.05. The predicted molar refractivity (Wildman–Crippen MR) is 77.3 cm³/mol. The van der Waals surface area contributed by atoms with Crippen molar-refractivity contribution in [2.24, 2.45) is 0 Å². The second-order valence-corrected chi connectivity index (χ2v) is 7.86. The first kappa shape index (κ1) is 16.0. The first-order valence-corrected chi connectivity index (χ1v) is 8.24. The molecule has 0 aliphatic carbocycles. The van der Waals surface area contributed by atoms with Gasteiger partial charge in [0.15, 0.2) is 5.82 Å². The summed E-state index contributed by atoms with van der Waals surface area (Å²) in [5.41, 5.74) is -0.615. The fraction of sp³-hybridized carbons (Fsp3) is 0.500. The summed E-state index contributed by atoms with van der Waals surface area (Å²) in [4.78, 5) is -0.254. The van der Waals surface area contributed by atoms with Crippen LogP contribution >= 0.6 is 23.2 Å². The van der Waals surface area contributed by atoms with E-state index in [1.54, 1.807) is 13.8 Å². The Morgan fingerprint density at radius 1 is 1.35 bits per heavy atom. The molecule has 0 atom stereocenters. The van der Waals surface area contributed by atoms with Crippen LogP contribution in [0.25, 0.3) is 0 Å². The molecule has 1 aromatic carbocycles. The van der Waals surface area contributed by atoms with E-state index in [-0.39, 0.29) is 9.92 Å². The van der Waals surface area contributed by atoms with Crippen molar-refractivity contribution in [2.45, 2.75) is 24.3 Å². The lowest BCUT2D eigenvalue weighted by atomic mass is 10.0. The Hall–Kier alpha value is -0.400. The molecule has 4 nitrogen and oxygen atoms in total. The van der Waals surface area contributed by atoms with Gasteiger partial charge in [-0.05, 0) is 26.0 Å². The van der Waals surface area contributed by atoms with Crippen LogP contribution in [0.5, 0.6) is 0 Å². The number of nitrogens with one attached hydrogen (secondary N) is 1. The molecule has 112 valence electrons. The molecule has 0 bridgehead atoms. The van der Waals surface area contributed by atoms with Crippen LogP contribution in [0.3, 0.4) is 0 Å². The average molecular weight is 341 g/mol. The second-order valence-electron chi connectivity index (χ2n) is 5.24. The van der Waals surface area contributed by atoms with Gasteiger partial charge in [0.1, 0.15) is 4.90 Å². The zero-order valence-electron chi connectivity index (χ0n) is 11.1. The van der Waals surface area contributed by atoms with Gasteiger partial charge in [-0.1, -0.05) is 23.2 Å². The van der Waals surface area contributed by atoms with Crippen molar-refractivity contribution < 1.29 is 12.8 Å². The van der Waals surface area contributed by atoms with E-state index in [9.17, 15) is 12.8 Å². The predicted octanol–water partition coefficient (Wildman–Crippen LogP) is 2.51. The third kappa shape index (κ3) is 2.67. The van der Waals surface area contributed by atoms with E-state index in [0.717, 1.165) is 0 Å². The fourth-order valence-corrected chi connectivity index (χ4v) is 4.74. The van der Waals surface area contributed by atoms with Crippen LogP contribution in [0, 0.1) is 5.82 Å². The summed E-state index contributed by atoms with van der Waals surface area (Å²) >= 11 is 11.4. The zero-order valence-corrected chi connectivity index (χ0v) is 13.4. The topological polar surface area (TPSA) is 49.4 Å². The summed E-state index contributed by atoms with van der Waals surface area (Å²) in [6, 6.07) is 2.44. The molecule has 20 heavy (non-hydrogen) atoms. The van der Waals surface area contributed by atoms with Gasteiger partial charge in [0.25, 0.3) is 0 Å². The summed E-state index contributed by atoms with van der Waals surface area (Å²) in [7, 11) is -3.88. The fourth-order valence-electron chi connectivity index (χ4n) is 2.24. The molecular formula is C12H15Cl2FN2O2S. The number of nitrogens with zero attached hydrogens (tertiary/aromatic N) is 1. The lowest BCUT2D eigenvalue weighted by molar-refractivity contribution is 0.186. The smallest absolute Gasteiger partial charge is 0.245 e. The Bertz CT molecular complexity index is 635. The molecule has 0 amide bonds. The average Bonchev–Trinajstić information content (AvgIpc) is 2.34. The summed E-state index contributed by atoms with van der Waals surface area (Å²) < 4.78 is 40.4. The van der Waals surface area contributed by atoms with E-state index >= 15 is 0 Å². The molecule has 2 rings (SSSR count). The second kappa shape index (κ2) is 5.42. The Kier molecular flexibility index (Phi) is 4.33. The van der Waals surface area contributed by atoms with Crippen LogP contribution in [0.4, 0.5) is 4.39 Å². The molecule has 1 aliphatic rings. The number of piperazine rings is 1. The van der Waals surface area contributed by atoms with E-state index in [4.69, 9.17) is 23.2 Å². The number of sulfonamides is 1. The van der Waals surface area contributed by atoms with Crippen molar-refractivity contribution in [1.82, 2.24) is 9.62 Å². The van der Waals surface area contributed by atoms with Crippen LogP contribution in [0.2, 0.25) is 10.0 Å². The quantitative estimate of drug-likeness (QED) is 0.841. The molecule has 0 aromatic heterocycles. The lowest BCUT2D eigenvalue weighted by Gasteiger charge is -2.41. The van der Waals surface area contributed by atoms with Gasteiger partial charge in [0.2, 0.25) is 10.0 Å². The molecule has 1 saturated heterocycles. The number of hydrogen-bond acceptors (Lipinski definition) is 3. The summed E-state index contributed by atoms with van der Waals surface area (Å²) in [6.07, 6.45) is 0. The van der Waals surface area contributed by atoms with E-state index in [2.05, 4.69) is 5.32 Å². The van der Waals surface area contributed by atoms with Gasteiger partial charge in [-0.3, -0.25) is 0 Å². The highest BCUT2D eigenvalue weighted by Gasteiger charge is 2.40. The molecular weight excluding hydrogens is 326 g/mol. The highest BCUT2D eigenvalue weighted by molar-refractivity contribution is 7.89. The van der Waals surface area contributed by atoms with Crippen molar-refractivity contribution in [3.63, 3.8) is 0 Å². The molecule has 1 N–H and O–H groups in total. The standard InChI is InChI=1S/C12H15Cl2FN2O2S/c1-12(2)7-16-5-6-17(12)20(18,19)9-4-3-8(13)11(15)10(9)14/h3-4,16H,5-7H2,1-2H3. The molecule has 1 aliphatic heterocycles. The van der Waals surface area contributed by atoms with Crippen molar-refractivity contribution in [3.8, 4) is 0 Å². The van der Waals surface area contributed by atoms with E-state index in [1.807, 2.05) is 0 Å². The number of rotatable bonds is 2. The van der Waals surface area contributed by atoms with Crippen LogP contribution in [0.15, 0.2) is 17.0 Å². The Morgan fingerprint density at radius 2 is 2.00 bits per heavy atom. The largest absolute Gasteiger partial charge is 0.314 e. The maximum Gasteiger partial charge on any atom is 0.245 e. The van der Waals surface area contributed by atoms with Crippen molar-refractivity contribution in [1.29, 1.82) is 0 Å².